The Morgan fingerprint density at radius 3 is 2.61 bits per heavy atom. The van der Waals surface area contributed by atoms with Gasteiger partial charge in [-0.3, -0.25) is 0 Å². The van der Waals surface area contributed by atoms with E-state index in [1.165, 1.54) is 0 Å². The van der Waals surface area contributed by atoms with E-state index in [2.05, 4.69) is 10.3 Å². The summed E-state index contributed by atoms with van der Waals surface area (Å²) in [5.41, 5.74) is 1.50. The number of hydrogen-bond donors (Lipinski definition) is 3. The van der Waals surface area contributed by atoms with Gasteiger partial charge in [-0.15, -0.1) is 0 Å². The van der Waals surface area contributed by atoms with E-state index in [4.69, 9.17) is 10.2 Å². The van der Waals surface area contributed by atoms with Crippen molar-refractivity contribution in [3.8, 4) is 5.75 Å². The van der Waals surface area contributed by atoms with Crippen LogP contribution < -0.4 is 5.32 Å². The number of carboxylic acids is 1. The van der Waals surface area contributed by atoms with Crippen molar-refractivity contribution >= 4 is 22.4 Å². The number of nitrogens with zero attached hydrogens (tertiary/aromatic N) is 1. The average Bonchev–Trinajstić information content (AvgIpc) is 2.70. The molecule has 6 heteroatoms. The molecule has 2 aromatic rings. The van der Waals surface area contributed by atoms with Gasteiger partial charge in [0.05, 0.1) is 5.69 Å². The Kier molecular flexibility index (Phi) is 3.47. The molecule has 0 fully saturated rings. The van der Waals surface area contributed by atoms with Crippen molar-refractivity contribution in [2.75, 3.05) is 5.32 Å². The first kappa shape index (κ1) is 12.4. The molecule has 18 heavy (non-hydrogen) atoms. The van der Waals surface area contributed by atoms with Crippen molar-refractivity contribution < 1.29 is 15.0 Å². The Morgan fingerprint density at radius 2 is 2.06 bits per heavy atom. The Balaban J connectivity index is 2.04. The zero-order valence-corrected chi connectivity index (χ0v) is 10.5. The highest BCUT2D eigenvalue weighted by atomic mass is 32.1. The maximum absolute atomic E-state index is 10.9. The van der Waals surface area contributed by atoms with Gasteiger partial charge >= 0.3 is 5.97 Å². The molecule has 0 saturated carbocycles. The van der Waals surface area contributed by atoms with Crippen molar-refractivity contribution in [1.29, 1.82) is 0 Å². The Bertz CT molecular complexity index is 563. The van der Waals surface area contributed by atoms with E-state index in [1.54, 1.807) is 31.2 Å². The van der Waals surface area contributed by atoms with Crippen molar-refractivity contribution in [3.05, 3.63) is 40.4 Å². The summed E-state index contributed by atoms with van der Waals surface area (Å²) < 4.78 is 0. The molecule has 1 aromatic heterocycles. The van der Waals surface area contributed by atoms with Crippen LogP contribution in [0.4, 0.5) is 5.13 Å². The summed E-state index contributed by atoms with van der Waals surface area (Å²) in [7, 11) is 0. The molecule has 0 bridgehead atoms. The number of anilines is 1. The number of carboxylic acid groups (broad SMARTS) is 1. The molecule has 0 aliphatic carbocycles. The monoisotopic (exact) mass is 264 g/mol. The predicted molar refractivity (Wildman–Crippen MR) is 69.2 cm³/mol. The number of aromatic carboxylic acids is 1. The second-order valence-electron chi connectivity index (χ2n) is 3.76. The van der Waals surface area contributed by atoms with E-state index in [0.717, 1.165) is 16.9 Å². The minimum absolute atomic E-state index is 0.219. The number of phenols is 1. The van der Waals surface area contributed by atoms with Gasteiger partial charge in [-0.1, -0.05) is 23.5 Å². The molecule has 0 saturated heterocycles. The standard InChI is InChI=1S/C12H12N2O3S/c1-7-10(11(16)17)18-12(14-7)13-6-8-2-4-9(15)5-3-8/h2-5,15H,6H2,1H3,(H,13,14)(H,16,17). The van der Waals surface area contributed by atoms with E-state index in [-0.39, 0.29) is 10.6 Å². The van der Waals surface area contributed by atoms with Gasteiger partial charge in [-0.25, -0.2) is 9.78 Å². The van der Waals surface area contributed by atoms with Crippen LogP contribution in [0.15, 0.2) is 24.3 Å². The zero-order chi connectivity index (χ0) is 13.1. The van der Waals surface area contributed by atoms with E-state index >= 15 is 0 Å². The minimum Gasteiger partial charge on any atom is -0.508 e. The summed E-state index contributed by atoms with van der Waals surface area (Å²) in [6, 6.07) is 6.79. The molecule has 1 heterocycles. The van der Waals surface area contributed by atoms with Crippen LogP contribution in [-0.4, -0.2) is 21.2 Å². The normalized spacial score (nSPS) is 10.3. The van der Waals surface area contributed by atoms with Crippen LogP contribution in [0.1, 0.15) is 20.9 Å². The van der Waals surface area contributed by atoms with Crippen LogP contribution in [0, 0.1) is 6.92 Å². The summed E-state index contributed by atoms with van der Waals surface area (Å²) in [6.07, 6.45) is 0. The molecule has 0 amide bonds. The fraction of sp³-hybridized carbons (Fsp3) is 0.167. The Morgan fingerprint density at radius 1 is 1.39 bits per heavy atom. The van der Waals surface area contributed by atoms with Crippen LogP contribution in [0.3, 0.4) is 0 Å². The Labute approximate surface area is 108 Å². The van der Waals surface area contributed by atoms with Crippen LogP contribution in [0.25, 0.3) is 0 Å². The zero-order valence-electron chi connectivity index (χ0n) is 9.67. The first-order chi connectivity index (χ1) is 8.56. The number of aromatic hydroxyl groups is 1. The molecule has 0 radical (unpaired) electrons. The number of rotatable bonds is 4. The lowest BCUT2D eigenvalue weighted by Gasteiger charge is -2.02. The quantitative estimate of drug-likeness (QED) is 0.790. The summed E-state index contributed by atoms with van der Waals surface area (Å²) in [5.74, 6) is -0.736. The van der Waals surface area contributed by atoms with Crippen molar-refractivity contribution in [3.63, 3.8) is 0 Å². The maximum atomic E-state index is 10.9. The first-order valence-electron chi connectivity index (χ1n) is 5.29. The number of hydrogen-bond acceptors (Lipinski definition) is 5. The molecule has 0 aliphatic heterocycles. The largest absolute Gasteiger partial charge is 0.508 e. The topological polar surface area (TPSA) is 82.5 Å². The van der Waals surface area contributed by atoms with E-state index in [9.17, 15) is 4.79 Å². The van der Waals surface area contributed by atoms with Gasteiger partial charge in [0.15, 0.2) is 5.13 Å². The third kappa shape index (κ3) is 2.78. The molecular formula is C12H12N2O3S. The molecule has 0 atom stereocenters. The van der Waals surface area contributed by atoms with E-state index in [0.29, 0.717) is 17.4 Å². The second kappa shape index (κ2) is 5.05. The molecule has 0 aliphatic rings. The lowest BCUT2D eigenvalue weighted by Crippen LogP contribution is -1.98. The van der Waals surface area contributed by atoms with Crippen LogP contribution >= 0.6 is 11.3 Å². The fourth-order valence-corrected chi connectivity index (χ4v) is 2.26. The second-order valence-corrected chi connectivity index (χ2v) is 4.76. The Hall–Kier alpha value is -2.08. The van der Waals surface area contributed by atoms with Gasteiger partial charge in [0.1, 0.15) is 10.6 Å². The summed E-state index contributed by atoms with van der Waals surface area (Å²) in [5, 5.41) is 21.7. The van der Waals surface area contributed by atoms with Gasteiger partial charge < -0.3 is 15.5 Å². The molecule has 2 rings (SSSR count). The van der Waals surface area contributed by atoms with Crippen molar-refractivity contribution in [1.82, 2.24) is 4.98 Å². The molecule has 94 valence electrons. The number of nitrogens with one attached hydrogen (secondary N) is 1. The minimum atomic E-state index is -0.956. The van der Waals surface area contributed by atoms with Crippen LogP contribution in [-0.2, 0) is 6.54 Å². The van der Waals surface area contributed by atoms with E-state index in [1.807, 2.05) is 0 Å². The van der Waals surface area contributed by atoms with Crippen molar-refractivity contribution in [2.45, 2.75) is 13.5 Å². The summed E-state index contributed by atoms with van der Waals surface area (Å²) in [4.78, 5) is 15.3. The van der Waals surface area contributed by atoms with Gasteiger partial charge in [0.2, 0.25) is 0 Å². The number of thiazole rings is 1. The molecule has 0 unspecified atom stereocenters. The molecule has 1 aromatic carbocycles. The summed E-state index contributed by atoms with van der Waals surface area (Å²) in [6.45, 7) is 2.21. The number of aryl methyl sites for hydroxylation is 1. The highest BCUT2D eigenvalue weighted by molar-refractivity contribution is 7.17. The number of phenolic OH excluding ortho intramolecular Hbond substituents is 1. The van der Waals surface area contributed by atoms with E-state index < -0.39 is 5.97 Å². The third-order valence-electron chi connectivity index (χ3n) is 2.37. The summed E-state index contributed by atoms with van der Waals surface area (Å²) >= 11 is 1.12. The predicted octanol–water partition coefficient (Wildman–Crippen LogP) is 2.47. The molecule has 5 nitrogen and oxygen atoms in total. The van der Waals surface area contributed by atoms with Gasteiger partial charge in [0.25, 0.3) is 0 Å². The molecular weight excluding hydrogens is 252 g/mol. The third-order valence-corrected chi connectivity index (χ3v) is 3.47. The lowest BCUT2D eigenvalue weighted by atomic mass is 10.2. The van der Waals surface area contributed by atoms with Crippen molar-refractivity contribution in [2.24, 2.45) is 0 Å². The number of aromatic nitrogens is 1. The number of carbonyl (C=O) groups is 1. The van der Waals surface area contributed by atoms with Crippen LogP contribution in [0.2, 0.25) is 0 Å². The van der Waals surface area contributed by atoms with Gasteiger partial charge in [0, 0.05) is 6.54 Å². The highest BCUT2D eigenvalue weighted by Crippen LogP contribution is 2.23. The first-order valence-corrected chi connectivity index (χ1v) is 6.10. The van der Waals surface area contributed by atoms with Crippen LogP contribution in [0.5, 0.6) is 5.75 Å². The fourth-order valence-electron chi connectivity index (χ4n) is 1.46. The van der Waals surface area contributed by atoms with Gasteiger partial charge in [-0.05, 0) is 24.6 Å². The molecule has 0 spiro atoms. The smallest absolute Gasteiger partial charge is 0.347 e. The molecule has 3 N–H and O–H groups in total. The average molecular weight is 264 g/mol. The number of benzene rings is 1. The lowest BCUT2D eigenvalue weighted by molar-refractivity contribution is 0.0701. The maximum Gasteiger partial charge on any atom is 0.347 e. The highest BCUT2D eigenvalue weighted by Gasteiger charge is 2.13. The van der Waals surface area contributed by atoms with Gasteiger partial charge in [-0.2, -0.15) is 0 Å². The SMILES string of the molecule is Cc1nc(NCc2ccc(O)cc2)sc1C(=O)O.